The molecule has 1 rings (SSSR count). The van der Waals surface area contributed by atoms with Gasteiger partial charge in [-0.1, -0.05) is 0 Å². The van der Waals surface area contributed by atoms with E-state index in [1.165, 1.54) is 0 Å². The zero-order valence-electron chi connectivity index (χ0n) is 9.16. The summed E-state index contributed by atoms with van der Waals surface area (Å²) >= 11 is 3.27. The molecule has 1 aromatic rings. The van der Waals surface area contributed by atoms with Crippen molar-refractivity contribution in [2.45, 2.75) is 13.8 Å². The largest absolute Gasteiger partial charge is 0.507 e. The highest BCUT2D eigenvalue weighted by atomic mass is 79.9. The van der Waals surface area contributed by atoms with E-state index in [9.17, 15) is 5.11 Å². The minimum absolute atomic E-state index is 0.246. The van der Waals surface area contributed by atoms with Crippen LogP contribution in [0.15, 0.2) is 21.6 Å². The standard InChI is InChI=1S/C11H15BrN2O/c1-4-14(3)7-13-10-6-9(12)11(15)5-8(10)2/h5-7,15H,4H2,1-3H3. The van der Waals surface area contributed by atoms with Crippen LogP contribution in [0.3, 0.4) is 0 Å². The van der Waals surface area contributed by atoms with Crippen molar-refractivity contribution >= 4 is 28.0 Å². The van der Waals surface area contributed by atoms with Gasteiger partial charge in [-0.2, -0.15) is 0 Å². The Kier molecular flexibility index (Phi) is 4.15. The number of rotatable bonds is 3. The van der Waals surface area contributed by atoms with Crippen LogP contribution < -0.4 is 0 Å². The molecule has 4 heteroatoms. The monoisotopic (exact) mass is 270 g/mol. The quantitative estimate of drug-likeness (QED) is 0.677. The first-order valence-corrected chi connectivity index (χ1v) is 5.57. The summed E-state index contributed by atoms with van der Waals surface area (Å²) in [6.45, 7) is 4.90. The molecule has 0 heterocycles. The van der Waals surface area contributed by atoms with Crippen LogP contribution >= 0.6 is 15.9 Å². The summed E-state index contributed by atoms with van der Waals surface area (Å²) < 4.78 is 0.666. The predicted octanol–water partition coefficient (Wildman–Crippen LogP) is 3.07. The lowest BCUT2D eigenvalue weighted by Crippen LogP contribution is -2.14. The fourth-order valence-electron chi connectivity index (χ4n) is 1.04. The van der Waals surface area contributed by atoms with Crippen LogP contribution in [0.1, 0.15) is 12.5 Å². The molecule has 0 saturated carbocycles. The Balaban J connectivity index is 2.95. The van der Waals surface area contributed by atoms with Gasteiger partial charge in [0, 0.05) is 13.6 Å². The van der Waals surface area contributed by atoms with Gasteiger partial charge in [0.2, 0.25) is 0 Å². The molecule has 0 saturated heterocycles. The van der Waals surface area contributed by atoms with Gasteiger partial charge in [-0.25, -0.2) is 4.99 Å². The summed E-state index contributed by atoms with van der Waals surface area (Å²) in [6.07, 6.45) is 1.78. The number of hydrogen-bond acceptors (Lipinski definition) is 2. The Labute approximate surface area is 98.6 Å². The molecule has 0 radical (unpaired) electrons. The van der Waals surface area contributed by atoms with E-state index in [0.29, 0.717) is 4.47 Å². The second-order valence-electron chi connectivity index (χ2n) is 3.41. The maximum Gasteiger partial charge on any atom is 0.130 e. The third-order valence-corrected chi connectivity index (χ3v) is 2.79. The molecular weight excluding hydrogens is 256 g/mol. The first kappa shape index (κ1) is 12.0. The number of nitrogens with zero attached hydrogens (tertiary/aromatic N) is 2. The highest BCUT2D eigenvalue weighted by Crippen LogP contribution is 2.31. The third kappa shape index (κ3) is 3.23. The van der Waals surface area contributed by atoms with Crippen molar-refractivity contribution < 1.29 is 5.11 Å². The predicted molar refractivity (Wildman–Crippen MR) is 67.0 cm³/mol. The first-order valence-electron chi connectivity index (χ1n) is 4.78. The second kappa shape index (κ2) is 5.16. The summed E-state index contributed by atoms with van der Waals surface area (Å²) in [4.78, 5) is 6.32. The molecule has 82 valence electrons. The molecule has 0 aliphatic carbocycles. The van der Waals surface area contributed by atoms with Crippen molar-refractivity contribution in [1.29, 1.82) is 0 Å². The summed E-state index contributed by atoms with van der Waals surface area (Å²) in [5.74, 6) is 0.246. The minimum Gasteiger partial charge on any atom is -0.507 e. The van der Waals surface area contributed by atoms with E-state index in [1.807, 2.05) is 24.9 Å². The second-order valence-corrected chi connectivity index (χ2v) is 4.26. The fraction of sp³-hybridized carbons (Fsp3) is 0.364. The summed E-state index contributed by atoms with van der Waals surface area (Å²) in [7, 11) is 1.97. The molecule has 1 N–H and O–H groups in total. The van der Waals surface area contributed by atoms with Gasteiger partial charge >= 0.3 is 0 Å². The number of phenolic OH excluding ortho intramolecular Hbond substituents is 1. The number of aromatic hydroxyl groups is 1. The Morgan fingerprint density at radius 1 is 1.53 bits per heavy atom. The highest BCUT2D eigenvalue weighted by molar-refractivity contribution is 9.10. The molecule has 1 aromatic carbocycles. The Morgan fingerprint density at radius 3 is 2.80 bits per heavy atom. The van der Waals surface area contributed by atoms with Crippen LogP contribution in [0.5, 0.6) is 5.75 Å². The van der Waals surface area contributed by atoms with Crippen LogP contribution in [0, 0.1) is 6.92 Å². The maximum absolute atomic E-state index is 9.44. The SMILES string of the molecule is CCN(C)C=Nc1cc(Br)c(O)cc1C. The number of benzene rings is 1. The van der Waals surface area contributed by atoms with Crippen molar-refractivity contribution in [3.8, 4) is 5.75 Å². The van der Waals surface area contributed by atoms with Gasteiger partial charge in [0.05, 0.1) is 16.5 Å². The van der Waals surface area contributed by atoms with E-state index < -0.39 is 0 Å². The van der Waals surface area contributed by atoms with Crippen molar-refractivity contribution in [3.63, 3.8) is 0 Å². The van der Waals surface area contributed by atoms with Gasteiger partial charge in [-0.3, -0.25) is 0 Å². The maximum atomic E-state index is 9.44. The van der Waals surface area contributed by atoms with Gasteiger partial charge in [-0.15, -0.1) is 0 Å². The molecule has 0 fully saturated rings. The summed E-state index contributed by atoms with van der Waals surface area (Å²) in [5, 5.41) is 9.44. The average molecular weight is 271 g/mol. The van der Waals surface area contributed by atoms with Gasteiger partial charge in [-0.05, 0) is 47.5 Å². The fourth-order valence-corrected chi connectivity index (χ4v) is 1.37. The Hall–Kier alpha value is -1.03. The van der Waals surface area contributed by atoms with Crippen molar-refractivity contribution in [1.82, 2.24) is 4.90 Å². The number of halogens is 1. The van der Waals surface area contributed by atoms with E-state index in [2.05, 4.69) is 27.8 Å². The zero-order chi connectivity index (χ0) is 11.4. The zero-order valence-corrected chi connectivity index (χ0v) is 10.7. The number of hydrogen-bond donors (Lipinski definition) is 1. The van der Waals surface area contributed by atoms with Gasteiger partial charge in [0.1, 0.15) is 5.75 Å². The summed E-state index contributed by atoms with van der Waals surface area (Å²) in [6, 6.07) is 3.51. The van der Waals surface area contributed by atoms with E-state index in [1.54, 1.807) is 12.4 Å². The molecule has 0 amide bonds. The van der Waals surface area contributed by atoms with E-state index in [4.69, 9.17) is 0 Å². The molecule has 0 aromatic heterocycles. The highest BCUT2D eigenvalue weighted by Gasteiger charge is 2.02. The summed E-state index contributed by atoms with van der Waals surface area (Å²) in [5.41, 5.74) is 1.82. The smallest absolute Gasteiger partial charge is 0.130 e. The number of aryl methyl sites for hydroxylation is 1. The molecule has 0 unspecified atom stereocenters. The van der Waals surface area contributed by atoms with Crippen LogP contribution in [0.25, 0.3) is 0 Å². The van der Waals surface area contributed by atoms with Crippen LogP contribution in [-0.4, -0.2) is 29.9 Å². The topological polar surface area (TPSA) is 35.8 Å². The van der Waals surface area contributed by atoms with E-state index in [0.717, 1.165) is 17.8 Å². The third-order valence-electron chi connectivity index (χ3n) is 2.16. The molecule has 15 heavy (non-hydrogen) atoms. The van der Waals surface area contributed by atoms with Crippen LogP contribution in [-0.2, 0) is 0 Å². The number of phenols is 1. The van der Waals surface area contributed by atoms with Crippen molar-refractivity contribution in [3.05, 3.63) is 22.2 Å². The van der Waals surface area contributed by atoms with Gasteiger partial charge < -0.3 is 10.0 Å². The minimum atomic E-state index is 0.246. The van der Waals surface area contributed by atoms with E-state index >= 15 is 0 Å². The molecule has 0 bridgehead atoms. The Bertz CT molecular complexity index is 377. The van der Waals surface area contributed by atoms with Crippen LogP contribution in [0.2, 0.25) is 0 Å². The van der Waals surface area contributed by atoms with Crippen LogP contribution in [0.4, 0.5) is 5.69 Å². The molecule has 0 spiro atoms. The molecular formula is C11H15BrN2O. The van der Waals surface area contributed by atoms with Gasteiger partial charge in [0.15, 0.2) is 0 Å². The number of aliphatic imine (C=N–C) groups is 1. The molecule has 0 aliphatic heterocycles. The lowest BCUT2D eigenvalue weighted by molar-refractivity contribution is 0.471. The molecule has 3 nitrogen and oxygen atoms in total. The molecule has 0 atom stereocenters. The average Bonchev–Trinajstić information content (AvgIpc) is 2.21. The van der Waals surface area contributed by atoms with Crippen molar-refractivity contribution in [2.24, 2.45) is 4.99 Å². The van der Waals surface area contributed by atoms with Crippen molar-refractivity contribution in [2.75, 3.05) is 13.6 Å². The van der Waals surface area contributed by atoms with Gasteiger partial charge in [0.25, 0.3) is 0 Å². The lowest BCUT2D eigenvalue weighted by Gasteiger charge is -2.09. The first-order chi connectivity index (χ1) is 7.04. The van der Waals surface area contributed by atoms with E-state index in [-0.39, 0.29) is 5.75 Å². The molecule has 0 aliphatic rings. The Morgan fingerprint density at radius 2 is 2.20 bits per heavy atom. The lowest BCUT2D eigenvalue weighted by atomic mass is 10.2. The normalized spacial score (nSPS) is 10.9.